The summed E-state index contributed by atoms with van der Waals surface area (Å²) in [7, 11) is 0. The zero-order valence-electron chi connectivity index (χ0n) is 15.7. The monoisotopic (exact) mass is 394 g/mol. The van der Waals surface area contributed by atoms with Crippen LogP contribution in [-0.4, -0.2) is 48.6 Å². The first-order valence-corrected chi connectivity index (χ1v) is 9.40. The minimum absolute atomic E-state index is 0.0474. The Bertz CT molecular complexity index is 990. The van der Waals surface area contributed by atoms with Crippen molar-refractivity contribution in [2.45, 2.75) is 37.8 Å². The number of benzene rings is 1. The quantitative estimate of drug-likeness (QED) is 0.411. The van der Waals surface area contributed by atoms with Crippen LogP contribution in [-0.2, 0) is 0 Å². The van der Waals surface area contributed by atoms with Gasteiger partial charge in [0.25, 0.3) is 5.91 Å². The van der Waals surface area contributed by atoms with Gasteiger partial charge in [-0.1, -0.05) is 25.0 Å². The molecule has 7 N–H and O–H groups in total. The predicted octanol–water partition coefficient (Wildman–Crippen LogP) is 1.18. The van der Waals surface area contributed by atoms with Gasteiger partial charge >= 0.3 is 0 Å². The molecule has 3 aromatic rings. The lowest BCUT2D eigenvalue weighted by Crippen LogP contribution is -2.43. The maximum atomic E-state index is 11.8. The van der Waals surface area contributed by atoms with Crippen molar-refractivity contribution in [3.63, 3.8) is 0 Å². The minimum Gasteiger partial charge on any atom is -0.365 e. The third-order valence-electron chi connectivity index (χ3n) is 4.92. The number of hydrogen-bond donors (Lipinski definition) is 5. The van der Waals surface area contributed by atoms with Gasteiger partial charge in [0.1, 0.15) is 11.4 Å². The van der Waals surface area contributed by atoms with Gasteiger partial charge < -0.3 is 22.1 Å². The lowest BCUT2D eigenvalue weighted by Gasteiger charge is -2.29. The van der Waals surface area contributed by atoms with E-state index in [1.807, 2.05) is 24.3 Å². The second-order valence-corrected chi connectivity index (χ2v) is 6.96. The Hall–Kier alpha value is -3.60. The van der Waals surface area contributed by atoms with E-state index in [0.29, 0.717) is 23.3 Å². The summed E-state index contributed by atoms with van der Waals surface area (Å²) in [4.78, 5) is 20.6. The van der Waals surface area contributed by atoms with E-state index >= 15 is 0 Å². The maximum Gasteiger partial charge on any atom is 0.254 e. The number of nitrogens with two attached hydrogens (primary N) is 2. The number of amides is 1. The summed E-state index contributed by atoms with van der Waals surface area (Å²) < 4.78 is 0. The van der Waals surface area contributed by atoms with Crippen molar-refractivity contribution >= 4 is 23.4 Å². The number of rotatable bonds is 6. The van der Waals surface area contributed by atoms with Crippen LogP contribution in [0.1, 0.15) is 36.0 Å². The molecule has 29 heavy (non-hydrogen) atoms. The normalized spacial score (nSPS) is 18.9. The molecule has 1 fully saturated rings. The first-order valence-electron chi connectivity index (χ1n) is 9.40. The molecule has 2 atom stereocenters. The number of aromatic nitrogens is 6. The second kappa shape index (κ2) is 8.19. The SMILES string of the molecule is NC(=O)c1cnc(NC2CCCC[C@@H]2N)nc1Nc1cccc(-c2nn[nH]n2)c1. The molecule has 1 saturated carbocycles. The van der Waals surface area contributed by atoms with Crippen molar-refractivity contribution in [1.29, 1.82) is 0 Å². The van der Waals surface area contributed by atoms with Gasteiger partial charge in [-0.2, -0.15) is 10.2 Å². The third-order valence-corrected chi connectivity index (χ3v) is 4.92. The van der Waals surface area contributed by atoms with Gasteiger partial charge in [0.15, 0.2) is 0 Å². The van der Waals surface area contributed by atoms with Gasteiger partial charge in [-0.25, -0.2) is 4.98 Å². The summed E-state index contributed by atoms with van der Waals surface area (Å²) in [6.07, 6.45) is 5.57. The van der Waals surface area contributed by atoms with Crippen molar-refractivity contribution in [2.75, 3.05) is 10.6 Å². The fraction of sp³-hybridized carbons (Fsp3) is 0.333. The third kappa shape index (κ3) is 4.29. The number of nitrogens with one attached hydrogen (secondary N) is 3. The van der Waals surface area contributed by atoms with Crippen LogP contribution in [0.4, 0.5) is 17.5 Å². The molecule has 0 aliphatic heterocycles. The Morgan fingerprint density at radius 2 is 2.10 bits per heavy atom. The number of carbonyl (C=O) groups excluding carboxylic acids is 1. The van der Waals surface area contributed by atoms with E-state index in [1.165, 1.54) is 6.20 Å². The second-order valence-electron chi connectivity index (χ2n) is 6.96. The Labute approximate surface area is 166 Å². The molecule has 11 heteroatoms. The molecule has 1 aliphatic carbocycles. The molecule has 2 aromatic heterocycles. The molecule has 1 aromatic carbocycles. The highest BCUT2D eigenvalue weighted by molar-refractivity contribution is 5.98. The van der Waals surface area contributed by atoms with Crippen LogP contribution in [0, 0.1) is 0 Å². The zero-order valence-corrected chi connectivity index (χ0v) is 15.7. The number of nitrogens with zero attached hydrogens (tertiary/aromatic N) is 5. The summed E-state index contributed by atoms with van der Waals surface area (Å²) in [6.45, 7) is 0. The lowest BCUT2D eigenvalue weighted by molar-refractivity contribution is 0.100. The fourth-order valence-corrected chi connectivity index (χ4v) is 3.39. The van der Waals surface area contributed by atoms with Gasteiger partial charge in [0, 0.05) is 29.5 Å². The molecule has 150 valence electrons. The van der Waals surface area contributed by atoms with Crippen molar-refractivity contribution in [1.82, 2.24) is 30.6 Å². The lowest BCUT2D eigenvalue weighted by atomic mass is 9.91. The molecule has 0 radical (unpaired) electrons. The first kappa shape index (κ1) is 18.7. The first-order chi connectivity index (χ1) is 14.1. The highest BCUT2D eigenvalue weighted by Gasteiger charge is 2.23. The molecule has 1 amide bonds. The summed E-state index contributed by atoms with van der Waals surface area (Å²) in [5, 5.41) is 20.3. The summed E-state index contributed by atoms with van der Waals surface area (Å²) in [6, 6.07) is 7.48. The van der Waals surface area contributed by atoms with Crippen molar-refractivity contribution in [3.8, 4) is 11.4 Å². The van der Waals surface area contributed by atoms with Gasteiger partial charge in [-0.3, -0.25) is 4.79 Å². The average Bonchev–Trinajstić information content (AvgIpc) is 3.25. The topological polar surface area (TPSA) is 173 Å². The van der Waals surface area contributed by atoms with Crippen molar-refractivity contribution < 1.29 is 4.79 Å². The molecular weight excluding hydrogens is 372 g/mol. The van der Waals surface area contributed by atoms with E-state index in [-0.39, 0.29) is 17.6 Å². The predicted molar refractivity (Wildman–Crippen MR) is 107 cm³/mol. The molecule has 11 nitrogen and oxygen atoms in total. The molecule has 0 bridgehead atoms. The number of aromatic amines is 1. The van der Waals surface area contributed by atoms with Gasteiger partial charge in [-0.15, -0.1) is 10.2 Å². The van der Waals surface area contributed by atoms with Gasteiger partial charge in [0.2, 0.25) is 11.8 Å². The highest BCUT2D eigenvalue weighted by Crippen LogP contribution is 2.25. The average molecular weight is 394 g/mol. The van der Waals surface area contributed by atoms with Crippen molar-refractivity contribution in [3.05, 3.63) is 36.0 Å². The number of primary amides is 1. The Kier molecular flexibility index (Phi) is 5.29. The van der Waals surface area contributed by atoms with Gasteiger partial charge in [-0.05, 0) is 30.2 Å². The maximum absolute atomic E-state index is 11.8. The number of anilines is 3. The number of H-pyrrole nitrogens is 1. The Morgan fingerprint density at radius 3 is 2.86 bits per heavy atom. The van der Waals surface area contributed by atoms with Crippen LogP contribution in [0.5, 0.6) is 0 Å². The molecule has 4 rings (SSSR count). The van der Waals surface area contributed by atoms with Crippen LogP contribution < -0.4 is 22.1 Å². The number of tetrazole rings is 1. The molecule has 1 unspecified atom stereocenters. The number of carbonyl (C=O) groups is 1. The van der Waals surface area contributed by atoms with E-state index in [0.717, 1.165) is 31.2 Å². The summed E-state index contributed by atoms with van der Waals surface area (Å²) in [5.74, 6) is 0.543. The van der Waals surface area contributed by atoms with E-state index in [9.17, 15) is 4.79 Å². The van der Waals surface area contributed by atoms with Crippen LogP contribution in [0.2, 0.25) is 0 Å². The molecular formula is C18H22N10O. The van der Waals surface area contributed by atoms with E-state index in [4.69, 9.17) is 11.5 Å². The molecule has 0 saturated heterocycles. The Morgan fingerprint density at radius 1 is 1.24 bits per heavy atom. The fourth-order valence-electron chi connectivity index (χ4n) is 3.39. The smallest absolute Gasteiger partial charge is 0.254 e. The van der Waals surface area contributed by atoms with Gasteiger partial charge in [0.05, 0.1) is 0 Å². The van der Waals surface area contributed by atoms with E-state index < -0.39 is 5.91 Å². The summed E-state index contributed by atoms with van der Waals surface area (Å²) >= 11 is 0. The zero-order chi connectivity index (χ0) is 20.2. The van der Waals surface area contributed by atoms with Crippen LogP contribution >= 0.6 is 0 Å². The van der Waals surface area contributed by atoms with E-state index in [2.05, 4.69) is 41.2 Å². The summed E-state index contributed by atoms with van der Waals surface area (Å²) in [5.41, 5.74) is 13.3. The van der Waals surface area contributed by atoms with Crippen LogP contribution in [0.25, 0.3) is 11.4 Å². The molecule has 1 aliphatic rings. The standard InChI is InChI=1S/C18H22N10O/c19-13-6-1-2-7-14(13)23-18-21-9-12(15(20)29)17(24-18)22-11-5-3-4-10(8-11)16-25-27-28-26-16/h3-5,8-9,13-14H,1-2,6-7,19H2,(H2,20,29)(H2,21,22,23,24)(H,25,26,27,28)/t13-,14?/m0/s1. The minimum atomic E-state index is -0.622. The molecule has 2 heterocycles. The van der Waals surface area contributed by atoms with E-state index in [1.54, 1.807) is 0 Å². The Balaban J connectivity index is 1.60. The largest absolute Gasteiger partial charge is 0.365 e. The van der Waals surface area contributed by atoms with Crippen LogP contribution in [0.15, 0.2) is 30.5 Å². The number of hydrogen-bond acceptors (Lipinski definition) is 9. The molecule has 0 spiro atoms. The highest BCUT2D eigenvalue weighted by atomic mass is 16.1. The van der Waals surface area contributed by atoms with Crippen molar-refractivity contribution in [2.24, 2.45) is 11.5 Å². The van der Waals surface area contributed by atoms with Crippen LogP contribution in [0.3, 0.4) is 0 Å².